The SMILES string of the molecule is CCOC(=O)c1ccc(-c2ccc(/C=N/NC(=O)COc3ccc([C@H](C)CC)cc3)o2)cc1. The number of esters is 1. The summed E-state index contributed by atoms with van der Waals surface area (Å²) in [5, 5.41) is 3.91. The van der Waals surface area contributed by atoms with E-state index < -0.39 is 0 Å². The Morgan fingerprint density at radius 2 is 1.76 bits per heavy atom. The van der Waals surface area contributed by atoms with Crippen LogP contribution in [0.15, 0.2) is 70.2 Å². The highest BCUT2D eigenvalue weighted by Gasteiger charge is 2.09. The van der Waals surface area contributed by atoms with Gasteiger partial charge in [0.25, 0.3) is 5.91 Å². The molecule has 7 nitrogen and oxygen atoms in total. The molecule has 1 amide bonds. The molecule has 0 aliphatic carbocycles. The molecule has 1 N–H and O–H groups in total. The van der Waals surface area contributed by atoms with Crippen molar-refractivity contribution in [3.05, 3.63) is 77.6 Å². The van der Waals surface area contributed by atoms with Crippen LogP contribution < -0.4 is 10.2 Å². The molecule has 0 saturated heterocycles. The van der Waals surface area contributed by atoms with E-state index in [0.717, 1.165) is 12.0 Å². The minimum Gasteiger partial charge on any atom is -0.484 e. The van der Waals surface area contributed by atoms with Crippen molar-refractivity contribution in [2.24, 2.45) is 5.10 Å². The van der Waals surface area contributed by atoms with Crippen LogP contribution in [0.2, 0.25) is 0 Å². The van der Waals surface area contributed by atoms with E-state index in [2.05, 4.69) is 24.4 Å². The molecule has 172 valence electrons. The van der Waals surface area contributed by atoms with E-state index in [1.165, 1.54) is 11.8 Å². The lowest BCUT2D eigenvalue weighted by molar-refractivity contribution is -0.123. The Kier molecular flexibility index (Phi) is 8.41. The lowest BCUT2D eigenvalue weighted by Crippen LogP contribution is -2.24. The monoisotopic (exact) mass is 448 g/mol. The van der Waals surface area contributed by atoms with Crippen molar-refractivity contribution in [1.82, 2.24) is 5.43 Å². The summed E-state index contributed by atoms with van der Waals surface area (Å²) in [6.45, 7) is 6.27. The van der Waals surface area contributed by atoms with Crippen LogP contribution in [0.5, 0.6) is 5.75 Å². The average Bonchev–Trinajstić information content (AvgIpc) is 3.32. The molecule has 0 radical (unpaired) electrons. The maximum Gasteiger partial charge on any atom is 0.338 e. The Bertz CT molecular complexity index is 1080. The molecule has 1 aromatic heterocycles. The standard InChI is InChI=1S/C26H28N2O5/c1-4-18(3)19-10-12-22(13-11-19)32-17-25(29)28-27-16-23-14-15-24(33-23)20-6-8-21(9-7-20)26(30)31-5-2/h6-16,18H,4-5,17H2,1-3H3,(H,28,29)/b27-16+/t18-/m1/s1. The lowest BCUT2D eigenvalue weighted by atomic mass is 9.99. The molecule has 1 atom stereocenters. The lowest BCUT2D eigenvalue weighted by Gasteiger charge is -2.10. The van der Waals surface area contributed by atoms with E-state index in [0.29, 0.717) is 35.4 Å². The highest BCUT2D eigenvalue weighted by molar-refractivity contribution is 5.90. The molecule has 0 fully saturated rings. The van der Waals surface area contributed by atoms with Gasteiger partial charge in [-0.25, -0.2) is 10.2 Å². The van der Waals surface area contributed by atoms with E-state index in [9.17, 15) is 9.59 Å². The summed E-state index contributed by atoms with van der Waals surface area (Å²) in [4.78, 5) is 23.7. The topological polar surface area (TPSA) is 90.1 Å². The maximum absolute atomic E-state index is 12.0. The molecule has 0 spiro atoms. The minimum atomic E-state index is -0.376. The summed E-state index contributed by atoms with van der Waals surface area (Å²) in [7, 11) is 0. The fourth-order valence-electron chi connectivity index (χ4n) is 3.04. The normalized spacial score (nSPS) is 11.8. The molecule has 0 saturated carbocycles. The number of hydrazone groups is 1. The predicted molar refractivity (Wildman–Crippen MR) is 126 cm³/mol. The van der Waals surface area contributed by atoms with Gasteiger partial charge in [0, 0.05) is 5.56 Å². The number of hydrogen-bond acceptors (Lipinski definition) is 6. The van der Waals surface area contributed by atoms with Gasteiger partial charge in [-0.05, 0) is 61.2 Å². The van der Waals surface area contributed by atoms with Gasteiger partial charge < -0.3 is 13.9 Å². The van der Waals surface area contributed by atoms with E-state index in [4.69, 9.17) is 13.9 Å². The van der Waals surface area contributed by atoms with Crippen LogP contribution in [0.4, 0.5) is 0 Å². The van der Waals surface area contributed by atoms with Crippen molar-refractivity contribution >= 4 is 18.1 Å². The molecule has 0 bridgehead atoms. The second-order valence-electron chi connectivity index (χ2n) is 7.46. The molecule has 1 heterocycles. The molecule has 3 rings (SSSR count). The van der Waals surface area contributed by atoms with Gasteiger partial charge in [0.15, 0.2) is 6.61 Å². The second kappa shape index (κ2) is 11.7. The second-order valence-corrected chi connectivity index (χ2v) is 7.46. The first-order chi connectivity index (χ1) is 16.0. The van der Waals surface area contributed by atoms with Crippen LogP contribution in [0, 0.1) is 0 Å². The summed E-state index contributed by atoms with van der Waals surface area (Å²) in [6, 6.07) is 18.2. The molecule has 0 aliphatic rings. The largest absolute Gasteiger partial charge is 0.484 e. The minimum absolute atomic E-state index is 0.143. The van der Waals surface area contributed by atoms with Crippen LogP contribution in [0.3, 0.4) is 0 Å². The summed E-state index contributed by atoms with van der Waals surface area (Å²) < 4.78 is 16.2. The Balaban J connectivity index is 1.48. The number of ether oxygens (including phenoxy) is 2. The fraction of sp³-hybridized carbons (Fsp3) is 0.269. The number of nitrogens with one attached hydrogen (secondary N) is 1. The molecule has 33 heavy (non-hydrogen) atoms. The van der Waals surface area contributed by atoms with Crippen LogP contribution >= 0.6 is 0 Å². The third-order valence-corrected chi connectivity index (χ3v) is 5.12. The number of hydrogen-bond donors (Lipinski definition) is 1. The van der Waals surface area contributed by atoms with Crippen LogP contribution in [-0.2, 0) is 9.53 Å². The van der Waals surface area contributed by atoms with Crippen molar-refractivity contribution < 1.29 is 23.5 Å². The molecule has 0 aliphatic heterocycles. The van der Waals surface area contributed by atoms with Crippen molar-refractivity contribution in [1.29, 1.82) is 0 Å². The molecular weight excluding hydrogens is 420 g/mol. The zero-order chi connectivity index (χ0) is 23.6. The first-order valence-electron chi connectivity index (χ1n) is 10.9. The predicted octanol–water partition coefficient (Wildman–Crippen LogP) is 5.17. The molecule has 2 aromatic carbocycles. The van der Waals surface area contributed by atoms with Gasteiger partial charge in [-0.1, -0.05) is 38.1 Å². The smallest absolute Gasteiger partial charge is 0.338 e. The van der Waals surface area contributed by atoms with Crippen molar-refractivity contribution in [2.75, 3.05) is 13.2 Å². The fourth-order valence-corrected chi connectivity index (χ4v) is 3.04. The molecule has 7 heteroatoms. The van der Waals surface area contributed by atoms with Crippen molar-refractivity contribution in [3.8, 4) is 17.1 Å². The highest BCUT2D eigenvalue weighted by Crippen LogP contribution is 2.23. The van der Waals surface area contributed by atoms with Gasteiger partial charge in [0.05, 0.1) is 18.4 Å². The van der Waals surface area contributed by atoms with Gasteiger partial charge in [-0.3, -0.25) is 4.79 Å². The number of carbonyl (C=O) groups excluding carboxylic acids is 2. The van der Waals surface area contributed by atoms with E-state index in [-0.39, 0.29) is 18.5 Å². The average molecular weight is 449 g/mol. The van der Waals surface area contributed by atoms with Crippen molar-refractivity contribution in [3.63, 3.8) is 0 Å². The third kappa shape index (κ3) is 6.80. The zero-order valence-corrected chi connectivity index (χ0v) is 19.0. The quantitative estimate of drug-likeness (QED) is 0.263. The van der Waals surface area contributed by atoms with Gasteiger partial charge in [0.1, 0.15) is 17.3 Å². The van der Waals surface area contributed by atoms with Crippen LogP contribution in [0.1, 0.15) is 54.8 Å². The van der Waals surface area contributed by atoms with Crippen LogP contribution in [-0.4, -0.2) is 31.3 Å². The van der Waals surface area contributed by atoms with Gasteiger partial charge >= 0.3 is 5.97 Å². The zero-order valence-electron chi connectivity index (χ0n) is 19.0. The van der Waals surface area contributed by atoms with Crippen LogP contribution in [0.25, 0.3) is 11.3 Å². The van der Waals surface area contributed by atoms with E-state index in [1.807, 2.05) is 24.3 Å². The third-order valence-electron chi connectivity index (χ3n) is 5.12. The van der Waals surface area contributed by atoms with Gasteiger partial charge in [0.2, 0.25) is 0 Å². The first kappa shape index (κ1) is 23.8. The van der Waals surface area contributed by atoms with Gasteiger partial charge in [-0.15, -0.1) is 0 Å². The Morgan fingerprint density at radius 1 is 1.03 bits per heavy atom. The number of furan rings is 1. The van der Waals surface area contributed by atoms with E-state index >= 15 is 0 Å². The molecule has 0 unspecified atom stereocenters. The maximum atomic E-state index is 12.0. The highest BCUT2D eigenvalue weighted by atomic mass is 16.5. The molecular formula is C26H28N2O5. The van der Waals surface area contributed by atoms with E-state index in [1.54, 1.807) is 43.3 Å². The van der Waals surface area contributed by atoms with Gasteiger partial charge in [-0.2, -0.15) is 5.10 Å². The summed E-state index contributed by atoms with van der Waals surface area (Å²) in [6.07, 6.45) is 2.48. The molecule has 3 aromatic rings. The number of amides is 1. The Hall–Kier alpha value is -3.87. The number of benzene rings is 2. The summed E-state index contributed by atoms with van der Waals surface area (Å²) in [5.74, 6) is 1.47. The first-order valence-corrected chi connectivity index (χ1v) is 10.9. The van der Waals surface area contributed by atoms with Crippen molar-refractivity contribution in [2.45, 2.75) is 33.1 Å². The number of nitrogens with zero attached hydrogens (tertiary/aromatic N) is 1. The number of carbonyl (C=O) groups is 2. The Labute approximate surface area is 193 Å². The summed E-state index contributed by atoms with van der Waals surface area (Å²) in [5.41, 5.74) is 4.94. The Morgan fingerprint density at radius 3 is 2.42 bits per heavy atom. The number of rotatable bonds is 10. The summed E-state index contributed by atoms with van der Waals surface area (Å²) >= 11 is 0.